The van der Waals surface area contributed by atoms with Crippen molar-refractivity contribution in [2.75, 3.05) is 13.1 Å². The maximum atomic E-state index is 11.7. The molecule has 0 aliphatic carbocycles. The van der Waals surface area contributed by atoms with Crippen molar-refractivity contribution >= 4 is 5.91 Å². The third-order valence-corrected chi connectivity index (χ3v) is 3.54. The van der Waals surface area contributed by atoms with Crippen LogP contribution in [-0.4, -0.2) is 24.5 Å². The van der Waals surface area contributed by atoms with Crippen molar-refractivity contribution in [3.63, 3.8) is 0 Å². The van der Waals surface area contributed by atoms with Gasteiger partial charge in [0, 0.05) is 12.0 Å². The lowest BCUT2D eigenvalue weighted by molar-refractivity contribution is -0.123. The van der Waals surface area contributed by atoms with Crippen LogP contribution in [0.25, 0.3) is 0 Å². The maximum absolute atomic E-state index is 11.7. The molecule has 1 amide bonds. The van der Waals surface area contributed by atoms with Gasteiger partial charge in [-0.15, -0.1) is 0 Å². The molecule has 1 fully saturated rings. The quantitative estimate of drug-likeness (QED) is 0.753. The molecule has 0 aromatic heterocycles. The van der Waals surface area contributed by atoms with E-state index in [1.807, 2.05) is 0 Å². The highest BCUT2D eigenvalue weighted by atomic mass is 16.1. The molecule has 1 rings (SSSR count). The fourth-order valence-corrected chi connectivity index (χ4v) is 2.03. The van der Waals surface area contributed by atoms with Gasteiger partial charge in [-0.1, -0.05) is 6.92 Å². The second-order valence-electron chi connectivity index (χ2n) is 5.54. The maximum Gasteiger partial charge on any atom is 0.220 e. The van der Waals surface area contributed by atoms with E-state index in [1.54, 1.807) is 0 Å². The van der Waals surface area contributed by atoms with Gasteiger partial charge in [0.2, 0.25) is 5.91 Å². The Kier molecular flexibility index (Phi) is 5.26. The Morgan fingerprint density at radius 3 is 2.81 bits per heavy atom. The predicted octanol–water partition coefficient (Wildman–Crippen LogP) is 2.07. The molecule has 3 nitrogen and oxygen atoms in total. The molecular formula is C13H26N2O. The van der Waals surface area contributed by atoms with Crippen molar-refractivity contribution in [1.82, 2.24) is 10.6 Å². The second kappa shape index (κ2) is 6.24. The number of amides is 1. The summed E-state index contributed by atoms with van der Waals surface area (Å²) in [5.41, 5.74) is -0.0537. The average molecular weight is 226 g/mol. The van der Waals surface area contributed by atoms with Gasteiger partial charge in [-0.05, 0) is 58.5 Å². The molecule has 1 heterocycles. The van der Waals surface area contributed by atoms with E-state index in [0.717, 1.165) is 25.9 Å². The molecule has 0 aromatic rings. The summed E-state index contributed by atoms with van der Waals surface area (Å²) in [7, 11) is 0. The second-order valence-corrected chi connectivity index (χ2v) is 5.54. The summed E-state index contributed by atoms with van der Waals surface area (Å²) in [6.07, 6.45) is 5.21. The van der Waals surface area contributed by atoms with Gasteiger partial charge in [0.25, 0.3) is 0 Å². The molecule has 1 atom stereocenters. The van der Waals surface area contributed by atoms with E-state index in [0.29, 0.717) is 12.3 Å². The SMILES string of the molecule is CCC(C)(C)NC(=O)CCC1CCCNC1. The van der Waals surface area contributed by atoms with Crippen molar-refractivity contribution in [3.05, 3.63) is 0 Å². The molecule has 1 saturated heterocycles. The predicted molar refractivity (Wildman–Crippen MR) is 67.3 cm³/mol. The molecule has 0 radical (unpaired) electrons. The third-order valence-electron chi connectivity index (χ3n) is 3.54. The van der Waals surface area contributed by atoms with Gasteiger partial charge in [0.05, 0.1) is 0 Å². The first-order valence-electron chi connectivity index (χ1n) is 6.55. The van der Waals surface area contributed by atoms with Gasteiger partial charge in [0.1, 0.15) is 0 Å². The number of hydrogen-bond donors (Lipinski definition) is 2. The summed E-state index contributed by atoms with van der Waals surface area (Å²) in [4.78, 5) is 11.7. The molecule has 1 aliphatic heterocycles. The zero-order chi connectivity index (χ0) is 12.0. The number of carbonyl (C=O) groups excluding carboxylic acids is 1. The van der Waals surface area contributed by atoms with Gasteiger partial charge >= 0.3 is 0 Å². The fourth-order valence-electron chi connectivity index (χ4n) is 2.03. The van der Waals surface area contributed by atoms with Crippen LogP contribution in [0.5, 0.6) is 0 Å². The van der Waals surface area contributed by atoms with Crippen LogP contribution in [0.2, 0.25) is 0 Å². The van der Waals surface area contributed by atoms with E-state index in [9.17, 15) is 4.79 Å². The van der Waals surface area contributed by atoms with E-state index < -0.39 is 0 Å². The van der Waals surface area contributed by atoms with Crippen LogP contribution in [-0.2, 0) is 4.79 Å². The molecule has 0 aromatic carbocycles. The molecule has 0 saturated carbocycles. The molecule has 3 heteroatoms. The molecule has 1 unspecified atom stereocenters. The van der Waals surface area contributed by atoms with Crippen molar-refractivity contribution in [3.8, 4) is 0 Å². The van der Waals surface area contributed by atoms with Gasteiger partial charge in [-0.25, -0.2) is 0 Å². The van der Waals surface area contributed by atoms with Crippen molar-refractivity contribution < 1.29 is 4.79 Å². The molecule has 1 aliphatic rings. The van der Waals surface area contributed by atoms with Crippen LogP contribution >= 0.6 is 0 Å². The van der Waals surface area contributed by atoms with E-state index in [4.69, 9.17) is 0 Å². The van der Waals surface area contributed by atoms with Crippen molar-refractivity contribution in [2.45, 2.75) is 58.4 Å². The Morgan fingerprint density at radius 1 is 1.50 bits per heavy atom. The first-order valence-corrected chi connectivity index (χ1v) is 6.55. The fraction of sp³-hybridized carbons (Fsp3) is 0.923. The van der Waals surface area contributed by atoms with Gasteiger partial charge in [0.15, 0.2) is 0 Å². The van der Waals surface area contributed by atoms with Crippen molar-refractivity contribution in [1.29, 1.82) is 0 Å². The molecule has 2 N–H and O–H groups in total. The first kappa shape index (κ1) is 13.5. The van der Waals surface area contributed by atoms with E-state index >= 15 is 0 Å². The zero-order valence-electron chi connectivity index (χ0n) is 10.9. The minimum Gasteiger partial charge on any atom is -0.351 e. The van der Waals surface area contributed by atoms with Crippen LogP contribution in [0.4, 0.5) is 0 Å². The molecule has 94 valence electrons. The minimum absolute atomic E-state index is 0.0537. The van der Waals surface area contributed by atoms with Gasteiger partial charge < -0.3 is 10.6 Å². The summed E-state index contributed by atoms with van der Waals surface area (Å²) in [5.74, 6) is 0.904. The first-order chi connectivity index (χ1) is 7.53. The number of rotatable bonds is 5. The summed E-state index contributed by atoms with van der Waals surface area (Å²) >= 11 is 0. The van der Waals surface area contributed by atoms with Crippen LogP contribution in [0.15, 0.2) is 0 Å². The van der Waals surface area contributed by atoms with Crippen molar-refractivity contribution in [2.24, 2.45) is 5.92 Å². The minimum atomic E-state index is -0.0537. The Hall–Kier alpha value is -0.570. The van der Waals surface area contributed by atoms with Gasteiger partial charge in [-0.3, -0.25) is 4.79 Å². The zero-order valence-corrected chi connectivity index (χ0v) is 10.9. The number of carbonyl (C=O) groups is 1. The molecule has 0 bridgehead atoms. The monoisotopic (exact) mass is 226 g/mol. The number of piperidine rings is 1. The Bertz CT molecular complexity index is 220. The molecule has 16 heavy (non-hydrogen) atoms. The van der Waals surface area contributed by atoms with Crippen LogP contribution in [0.1, 0.15) is 52.9 Å². The topological polar surface area (TPSA) is 41.1 Å². The number of hydrogen-bond acceptors (Lipinski definition) is 2. The smallest absolute Gasteiger partial charge is 0.220 e. The largest absolute Gasteiger partial charge is 0.351 e. The third kappa shape index (κ3) is 4.97. The standard InChI is InChI=1S/C13H26N2O/c1-4-13(2,3)15-12(16)8-7-11-6-5-9-14-10-11/h11,14H,4-10H2,1-3H3,(H,15,16). The van der Waals surface area contributed by atoms with E-state index in [2.05, 4.69) is 31.4 Å². The Labute approximate surface area is 99.4 Å². The van der Waals surface area contributed by atoms with E-state index in [-0.39, 0.29) is 11.4 Å². The highest BCUT2D eigenvalue weighted by Gasteiger charge is 2.19. The summed E-state index contributed by atoms with van der Waals surface area (Å²) in [6, 6.07) is 0. The summed E-state index contributed by atoms with van der Waals surface area (Å²) < 4.78 is 0. The molecular weight excluding hydrogens is 200 g/mol. The van der Waals surface area contributed by atoms with Crippen LogP contribution < -0.4 is 10.6 Å². The lowest BCUT2D eigenvalue weighted by Gasteiger charge is -2.26. The highest BCUT2D eigenvalue weighted by Crippen LogP contribution is 2.16. The lowest BCUT2D eigenvalue weighted by Crippen LogP contribution is -2.43. The Balaban J connectivity index is 2.19. The normalized spacial score (nSPS) is 21.8. The molecule has 0 spiro atoms. The highest BCUT2D eigenvalue weighted by molar-refractivity contribution is 5.76. The average Bonchev–Trinajstić information content (AvgIpc) is 2.27. The summed E-state index contributed by atoms with van der Waals surface area (Å²) in [6.45, 7) is 8.49. The van der Waals surface area contributed by atoms with Crippen LogP contribution in [0.3, 0.4) is 0 Å². The lowest BCUT2D eigenvalue weighted by atomic mass is 9.94. The van der Waals surface area contributed by atoms with Crippen LogP contribution in [0, 0.1) is 5.92 Å². The Morgan fingerprint density at radius 2 is 2.25 bits per heavy atom. The van der Waals surface area contributed by atoms with E-state index in [1.165, 1.54) is 12.8 Å². The summed E-state index contributed by atoms with van der Waals surface area (Å²) in [5, 5.41) is 6.47. The van der Waals surface area contributed by atoms with Gasteiger partial charge in [-0.2, -0.15) is 0 Å². The number of nitrogens with one attached hydrogen (secondary N) is 2.